The molecule has 0 radical (unpaired) electrons. The van der Waals surface area contributed by atoms with Crippen LogP contribution in [0.3, 0.4) is 0 Å². The minimum absolute atomic E-state index is 0.0679. The van der Waals surface area contributed by atoms with E-state index in [4.69, 9.17) is 10.4 Å². The van der Waals surface area contributed by atoms with Crippen molar-refractivity contribution in [3.63, 3.8) is 0 Å². The standard InChI is InChI=1S/C9H11N3O2.CH4O/c1-6-4-8(13)12(11(2)3)9(14)7(6)5-10;1-2/h4H2,1-3H3;2H,1H3. The van der Waals surface area contributed by atoms with Crippen LogP contribution in [0.5, 0.6) is 0 Å². The number of aliphatic hydroxyl groups is 1. The van der Waals surface area contributed by atoms with Gasteiger partial charge in [0.25, 0.3) is 5.91 Å². The van der Waals surface area contributed by atoms with Gasteiger partial charge in [-0.25, -0.2) is 10.0 Å². The lowest BCUT2D eigenvalue weighted by molar-refractivity contribution is -0.157. The van der Waals surface area contributed by atoms with Crippen molar-refractivity contribution in [3.8, 4) is 6.07 Å². The number of imide groups is 1. The average Bonchev–Trinajstić information content (AvgIpc) is 2.19. The Morgan fingerprint density at radius 2 is 1.88 bits per heavy atom. The highest BCUT2D eigenvalue weighted by molar-refractivity contribution is 6.10. The van der Waals surface area contributed by atoms with Crippen LogP contribution < -0.4 is 0 Å². The predicted molar refractivity (Wildman–Crippen MR) is 56.6 cm³/mol. The summed E-state index contributed by atoms with van der Waals surface area (Å²) in [6.07, 6.45) is 0.132. The number of carbonyl (C=O) groups excluding carboxylic acids is 2. The van der Waals surface area contributed by atoms with Crippen molar-refractivity contribution in [2.75, 3.05) is 21.2 Å². The van der Waals surface area contributed by atoms with E-state index < -0.39 is 5.91 Å². The normalized spacial score (nSPS) is 15.9. The summed E-state index contributed by atoms with van der Waals surface area (Å²) < 4.78 is 0. The van der Waals surface area contributed by atoms with E-state index >= 15 is 0 Å². The predicted octanol–water partition coefficient (Wildman–Crippen LogP) is -0.330. The molecule has 0 saturated heterocycles. The molecule has 1 aliphatic heterocycles. The van der Waals surface area contributed by atoms with Crippen LogP contribution in [0.15, 0.2) is 11.1 Å². The van der Waals surface area contributed by atoms with Crippen LogP contribution >= 0.6 is 0 Å². The first-order chi connectivity index (χ1) is 7.49. The van der Waals surface area contributed by atoms with E-state index in [9.17, 15) is 9.59 Å². The molecular formula is C10H15N3O3. The van der Waals surface area contributed by atoms with Gasteiger partial charge in [0.1, 0.15) is 11.6 Å². The zero-order chi connectivity index (χ0) is 12.9. The highest BCUT2D eigenvalue weighted by Crippen LogP contribution is 2.19. The molecule has 0 fully saturated rings. The number of nitriles is 1. The Morgan fingerprint density at radius 3 is 2.25 bits per heavy atom. The van der Waals surface area contributed by atoms with Gasteiger partial charge in [-0.1, -0.05) is 0 Å². The zero-order valence-corrected chi connectivity index (χ0v) is 9.81. The summed E-state index contributed by atoms with van der Waals surface area (Å²) in [5, 5.41) is 18.1. The third kappa shape index (κ3) is 2.66. The van der Waals surface area contributed by atoms with Crippen LogP contribution in [0.25, 0.3) is 0 Å². The van der Waals surface area contributed by atoms with Gasteiger partial charge in [0.15, 0.2) is 0 Å². The van der Waals surface area contributed by atoms with Crippen LogP contribution in [0.2, 0.25) is 0 Å². The molecule has 1 heterocycles. The number of amides is 2. The quantitative estimate of drug-likeness (QED) is 0.618. The minimum Gasteiger partial charge on any atom is -0.400 e. The van der Waals surface area contributed by atoms with Crippen molar-refractivity contribution in [1.82, 2.24) is 10.0 Å². The van der Waals surface area contributed by atoms with Crippen molar-refractivity contribution in [2.45, 2.75) is 13.3 Å². The lowest BCUT2D eigenvalue weighted by atomic mass is 10.0. The molecule has 1 N–H and O–H groups in total. The Hall–Kier alpha value is -1.71. The zero-order valence-electron chi connectivity index (χ0n) is 9.81. The fraction of sp³-hybridized carbons (Fsp3) is 0.500. The third-order valence-electron chi connectivity index (χ3n) is 2.00. The van der Waals surface area contributed by atoms with E-state index in [1.807, 2.05) is 6.07 Å². The minimum atomic E-state index is -0.536. The molecule has 0 atom stereocenters. The number of hydrogen-bond donors (Lipinski definition) is 1. The fourth-order valence-corrected chi connectivity index (χ4v) is 1.34. The Bertz CT molecular complexity index is 366. The summed E-state index contributed by atoms with van der Waals surface area (Å²) in [5.41, 5.74) is 0.610. The summed E-state index contributed by atoms with van der Waals surface area (Å²) in [6, 6.07) is 1.82. The maximum absolute atomic E-state index is 11.6. The van der Waals surface area contributed by atoms with E-state index in [1.54, 1.807) is 21.0 Å². The number of hydrogen-bond acceptors (Lipinski definition) is 5. The van der Waals surface area contributed by atoms with Crippen molar-refractivity contribution < 1.29 is 14.7 Å². The van der Waals surface area contributed by atoms with Gasteiger partial charge in [-0.05, 0) is 12.5 Å². The summed E-state index contributed by atoms with van der Waals surface area (Å²) in [5.74, 6) is -0.831. The van der Waals surface area contributed by atoms with E-state index in [2.05, 4.69) is 0 Å². The summed E-state index contributed by atoms with van der Waals surface area (Å²) in [6.45, 7) is 1.63. The van der Waals surface area contributed by atoms with Crippen LogP contribution in [0.1, 0.15) is 13.3 Å². The lowest BCUT2D eigenvalue weighted by Gasteiger charge is -2.30. The van der Waals surface area contributed by atoms with E-state index in [-0.39, 0.29) is 17.9 Å². The monoisotopic (exact) mass is 225 g/mol. The SMILES string of the molecule is CC1=C(C#N)C(=O)N(N(C)C)C(=O)C1.CO. The molecular weight excluding hydrogens is 210 g/mol. The number of carbonyl (C=O) groups is 2. The highest BCUT2D eigenvalue weighted by atomic mass is 16.2. The van der Waals surface area contributed by atoms with Gasteiger partial charge in [0.05, 0.1) is 6.42 Å². The summed E-state index contributed by atoms with van der Waals surface area (Å²) >= 11 is 0. The average molecular weight is 225 g/mol. The molecule has 88 valence electrons. The second-order valence-electron chi connectivity index (χ2n) is 3.30. The molecule has 0 saturated carbocycles. The van der Waals surface area contributed by atoms with Crippen molar-refractivity contribution in [2.24, 2.45) is 0 Å². The maximum atomic E-state index is 11.6. The smallest absolute Gasteiger partial charge is 0.285 e. The first-order valence-electron chi connectivity index (χ1n) is 4.58. The molecule has 0 aliphatic carbocycles. The van der Waals surface area contributed by atoms with Gasteiger partial charge >= 0.3 is 0 Å². The molecule has 0 aromatic rings. The third-order valence-corrected chi connectivity index (χ3v) is 2.00. The van der Waals surface area contributed by atoms with Gasteiger partial charge in [0, 0.05) is 21.2 Å². The second kappa shape index (κ2) is 6.00. The fourth-order valence-electron chi connectivity index (χ4n) is 1.34. The topological polar surface area (TPSA) is 84.6 Å². The molecule has 1 aliphatic rings. The Balaban J connectivity index is 0.00000106. The highest BCUT2D eigenvalue weighted by Gasteiger charge is 2.32. The Labute approximate surface area is 94.3 Å². The van der Waals surface area contributed by atoms with Crippen LogP contribution in [0.4, 0.5) is 0 Å². The summed E-state index contributed by atoms with van der Waals surface area (Å²) in [7, 11) is 4.18. The van der Waals surface area contributed by atoms with E-state index in [1.165, 1.54) is 5.01 Å². The molecule has 0 bridgehead atoms. The van der Waals surface area contributed by atoms with E-state index in [0.29, 0.717) is 5.57 Å². The first-order valence-corrected chi connectivity index (χ1v) is 4.58. The number of rotatable bonds is 1. The van der Waals surface area contributed by atoms with Crippen LogP contribution in [-0.2, 0) is 9.59 Å². The van der Waals surface area contributed by atoms with Gasteiger partial charge in [-0.2, -0.15) is 5.26 Å². The Kier molecular flexibility index (Phi) is 5.36. The van der Waals surface area contributed by atoms with Crippen LogP contribution in [0, 0.1) is 11.3 Å². The molecule has 1 rings (SSSR count). The number of hydrazine groups is 1. The molecule has 16 heavy (non-hydrogen) atoms. The molecule has 6 nitrogen and oxygen atoms in total. The maximum Gasteiger partial charge on any atom is 0.285 e. The largest absolute Gasteiger partial charge is 0.400 e. The molecule has 0 aromatic heterocycles. The second-order valence-corrected chi connectivity index (χ2v) is 3.30. The number of aliphatic hydroxyl groups excluding tert-OH is 1. The van der Waals surface area contributed by atoms with Crippen molar-refractivity contribution in [1.29, 1.82) is 5.26 Å². The van der Waals surface area contributed by atoms with Gasteiger partial charge < -0.3 is 5.11 Å². The molecule has 2 amide bonds. The number of nitrogens with zero attached hydrogens (tertiary/aromatic N) is 3. The lowest BCUT2D eigenvalue weighted by Crippen LogP contribution is -2.49. The van der Waals surface area contributed by atoms with Crippen molar-refractivity contribution in [3.05, 3.63) is 11.1 Å². The van der Waals surface area contributed by atoms with Gasteiger partial charge in [-0.3, -0.25) is 9.59 Å². The molecule has 0 unspecified atom stereocenters. The Morgan fingerprint density at radius 1 is 1.38 bits per heavy atom. The van der Waals surface area contributed by atoms with Gasteiger partial charge in [-0.15, -0.1) is 0 Å². The van der Waals surface area contributed by atoms with Gasteiger partial charge in [0.2, 0.25) is 5.91 Å². The molecule has 0 aromatic carbocycles. The van der Waals surface area contributed by atoms with E-state index in [0.717, 1.165) is 12.1 Å². The molecule has 6 heteroatoms. The van der Waals surface area contributed by atoms with Crippen molar-refractivity contribution >= 4 is 11.8 Å². The first kappa shape index (κ1) is 14.3. The van der Waals surface area contributed by atoms with Crippen LogP contribution in [-0.4, -0.2) is 48.1 Å². The molecule has 0 spiro atoms. The summed E-state index contributed by atoms with van der Waals surface area (Å²) in [4.78, 5) is 23.0.